The van der Waals surface area contributed by atoms with Gasteiger partial charge in [-0.1, -0.05) is 31.4 Å². The molecule has 3 rings (SSSR count). The summed E-state index contributed by atoms with van der Waals surface area (Å²) in [6.07, 6.45) is 6.23. The Kier molecular flexibility index (Phi) is 4.42. The summed E-state index contributed by atoms with van der Waals surface area (Å²) in [6.45, 7) is 4.08. The third kappa shape index (κ3) is 3.11. The maximum absolute atomic E-state index is 12.6. The molecule has 0 aliphatic heterocycles. The Balaban J connectivity index is 1.85. The molecule has 2 N–H and O–H groups in total. The van der Waals surface area contributed by atoms with Crippen LogP contribution in [0.5, 0.6) is 5.75 Å². The zero-order valence-electron chi connectivity index (χ0n) is 13.8. The predicted molar refractivity (Wildman–Crippen MR) is 92.1 cm³/mol. The molecule has 4 heteroatoms. The molecule has 1 aliphatic rings. The van der Waals surface area contributed by atoms with Crippen LogP contribution >= 0.6 is 0 Å². The van der Waals surface area contributed by atoms with E-state index >= 15 is 0 Å². The molecule has 0 saturated heterocycles. The highest BCUT2D eigenvalue weighted by Gasteiger charge is 2.22. The molecule has 0 unspecified atom stereocenters. The fourth-order valence-corrected chi connectivity index (χ4v) is 3.68. The van der Waals surface area contributed by atoms with Crippen molar-refractivity contribution in [2.24, 2.45) is 0 Å². The minimum Gasteiger partial charge on any atom is -0.506 e. The molecule has 1 fully saturated rings. The number of amides is 1. The molecule has 122 valence electrons. The van der Waals surface area contributed by atoms with Crippen molar-refractivity contribution in [3.05, 3.63) is 47.3 Å². The van der Waals surface area contributed by atoms with E-state index in [1.54, 1.807) is 24.3 Å². The molecule has 4 nitrogen and oxygen atoms in total. The molecule has 23 heavy (non-hydrogen) atoms. The smallest absolute Gasteiger partial charge is 0.257 e. The number of aryl methyl sites for hydroxylation is 1. The Labute approximate surface area is 137 Å². The van der Waals surface area contributed by atoms with Crippen LogP contribution in [-0.2, 0) is 0 Å². The fourth-order valence-electron chi connectivity index (χ4n) is 3.68. The number of nitrogens with one attached hydrogen (secondary N) is 1. The van der Waals surface area contributed by atoms with Gasteiger partial charge in [0, 0.05) is 17.4 Å². The first kappa shape index (κ1) is 15.7. The Morgan fingerprint density at radius 1 is 1.17 bits per heavy atom. The van der Waals surface area contributed by atoms with Crippen LogP contribution in [0.3, 0.4) is 0 Å². The van der Waals surface area contributed by atoms with Gasteiger partial charge in [0.25, 0.3) is 5.91 Å². The van der Waals surface area contributed by atoms with Crippen molar-refractivity contribution in [1.29, 1.82) is 0 Å². The monoisotopic (exact) mass is 312 g/mol. The Morgan fingerprint density at radius 2 is 1.87 bits per heavy atom. The van der Waals surface area contributed by atoms with E-state index in [0.717, 1.165) is 11.4 Å². The summed E-state index contributed by atoms with van der Waals surface area (Å²) < 4.78 is 2.32. The van der Waals surface area contributed by atoms with Crippen molar-refractivity contribution >= 4 is 11.6 Å². The Bertz CT molecular complexity index is 712. The van der Waals surface area contributed by atoms with Crippen molar-refractivity contribution in [1.82, 2.24) is 4.57 Å². The number of phenolic OH excluding ortho intramolecular Hbond substituents is 1. The predicted octanol–water partition coefficient (Wildman–Crippen LogP) is 4.57. The average Bonchev–Trinajstić information content (AvgIpc) is 2.85. The van der Waals surface area contributed by atoms with Crippen LogP contribution in [0.15, 0.2) is 30.3 Å². The highest BCUT2D eigenvalue weighted by molar-refractivity contribution is 6.06. The molecule has 0 bridgehead atoms. The van der Waals surface area contributed by atoms with Gasteiger partial charge in [-0.05, 0) is 44.9 Å². The summed E-state index contributed by atoms with van der Waals surface area (Å²) in [5.74, 6) is -0.0800. The summed E-state index contributed by atoms with van der Waals surface area (Å²) >= 11 is 0. The number of hydrogen-bond donors (Lipinski definition) is 2. The highest BCUT2D eigenvalue weighted by atomic mass is 16.3. The summed E-state index contributed by atoms with van der Waals surface area (Å²) in [7, 11) is 0. The molecule has 2 aromatic rings. The van der Waals surface area contributed by atoms with Gasteiger partial charge in [-0.2, -0.15) is 0 Å². The normalized spacial score (nSPS) is 15.6. The van der Waals surface area contributed by atoms with Crippen molar-refractivity contribution in [3.63, 3.8) is 0 Å². The number of phenols is 1. The van der Waals surface area contributed by atoms with Gasteiger partial charge in [-0.15, -0.1) is 0 Å². The van der Waals surface area contributed by atoms with Gasteiger partial charge in [-0.3, -0.25) is 4.79 Å². The Hall–Kier alpha value is -2.23. The second kappa shape index (κ2) is 6.49. The van der Waals surface area contributed by atoms with E-state index in [-0.39, 0.29) is 11.7 Å². The SMILES string of the molecule is Cc1cc(C(=O)Nc2ccccc2O)c(C)n1C1CCCCC1. The van der Waals surface area contributed by atoms with Crippen LogP contribution in [0.25, 0.3) is 0 Å². The van der Waals surface area contributed by atoms with Gasteiger partial charge in [0.15, 0.2) is 0 Å². The third-order valence-corrected chi connectivity index (χ3v) is 4.82. The van der Waals surface area contributed by atoms with Gasteiger partial charge < -0.3 is 15.0 Å². The standard InChI is InChI=1S/C19H24N2O2/c1-13-12-16(14(2)21(13)15-8-4-3-5-9-15)19(23)20-17-10-6-7-11-18(17)22/h6-7,10-12,15,22H,3-5,8-9H2,1-2H3,(H,20,23). The minimum absolute atomic E-state index is 0.0851. The summed E-state index contributed by atoms with van der Waals surface area (Å²) in [5, 5.41) is 12.6. The van der Waals surface area contributed by atoms with E-state index < -0.39 is 0 Å². The first-order valence-electron chi connectivity index (χ1n) is 8.35. The number of aromatic hydroxyl groups is 1. The number of para-hydroxylation sites is 2. The van der Waals surface area contributed by atoms with E-state index in [1.807, 2.05) is 13.0 Å². The summed E-state index contributed by atoms with van der Waals surface area (Å²) in [6, 6.07) is 9.27. The lowest BCUT2D eigenvalue weighted by Gasteiger charge is -2.26. The first-order chi connectivity index (χ1) is 11.1. The molecular formula is C19H24N2O2. The number of aromatic nitrogens is 1. The van der Waals surface area contributed by atoms with Crippen molar-refractivity contribution in [2.75, 3.05) is 5.32 Å². The van der Waals surface area contributed by atoms with E-state index in [4.69, 9.17) is 0 Å². The second-order valence-electron chi connectivity index (χ2n) is 6.42. The second-order valence-corrected chi connectivity index (χ2v) is 6.42. The fraction of sp³-hybridized carbons (Fsp3) is 0.421. The van der Waals surface area contributed by atoms with Crippen LogP contribution < -0.4 is 5.32 Å². The molecule has 1 aromatic carbocycles. The molecule has 0 atom stereocenters. The Morgan fingerprint density at radius 3 is 2.57 bits per heavy atom. The molecule has 1 aromatic heterocycles. The van der Waals surface area contributed by atoms with Gasteiger partial charge in [0.1, 0.15) is 5.75 Å². The van der Waals surface area contributed by atoms with E-state index in [2.05, 4.69) is 16.8 Å². The van der Waals surface area contributed by atoms with E-state index in [1.165, 1.54) is 32.1 Å². The number of hydrogen-bond acceptors (Lipinski definition) is 2. The topological polar surface area (TPSA) is 54.3 Å². The molecular weight excluding hydrogens is 288 g/mol. The number of benzene rings is 1. The van der Waals surface area contributed by atoms with Crippen molar-refractivity contribution in [3.8, 4) is 5.75 Å². The number of nitrogens with zero attached hydrogens (tertiary/aromatic N) is 1. The maximum Gasteiger partial charge on any atom is 0.257 e. The van der Waals surface area contributed by atoms with Crippen LogP contribution in [0, 0.1) is 13.8 Å². The molecule has 0 spiro atoms. The van der Waals surface area contributed by atoms with Crippen LogP contribution in [0.1, 0.15) is 59.9 Å². The van der Waals surface area contributed by atoms with E-state index in [0.29, 0.717) is 17.3 Å². The number of carbonyl (C=O) groups is 1. The van der Waals surface area contributed by atoms with Crippen molar-refractivity contribution < 1.29 is 9.90 Å². The third-order valence-electron chi connectivity index (χ3n) is 4.82. The van der Waals surface area contributed by atoms with Gasteiger partial charge >= 0.3 is 0 Å². The van der Waals surface area contributed by atoms with Crippen LogP contribution in [0.2, 0.25) is 0 Å². The number of carbonyl (C=O) groups excluding carboxylic acids is 1. The molecule has 1 aliphatic carbocycles. The van der Waals surface area contributed by atoms with Gasteiger partial charge in [0.05, 0.1) is 11.3 Å². The first-order valence-corrected chi connectivity index (χ1v) is 8.35. The van der Waals surface area contributed by atoms with Gasteiger partial charge in [0.2, 0.25) is 0 Å². The quantitative estimate of drug-likeness (QED) is 0.816. The number of anilines is 1. The van der Waals surface area contributed by atoms with Crippen molar-refractivity contribution in [2.45, 2.75) is 52.0 Å². The molecule has 1 saturated carbocycles. The maximum atomic E-state index is 12.6. The summed E-state index contributed by atoms with van der Waals surface area (Å²) in [5.41, 5.74) is 3.29. The zero-order valence-corrected chi connectivity index (χ0v) is 13.8. The van der Waals surface area contributed by atoms with Crippen LogP contribution in [-0.4, -0.2) is 15.6 Å². The van der Waals surface area contributed by atoms with Gasteiger partial charge in [-0.25, -0.2) is 0 Å². The molecule has 0 radical (unpaired) electrons. The number of rotatable bonds is 3. The lowest BCUT2D eigenvalue weighted by molar-refractivity contribution is 0.102. The zero-order chi connectivity index (χ0) is 16.4. The average molecular weight is 312 g/mol. The lowest BCUT2D eigenvalue weighted by Crippen LogP contribution is -2.17. The minimum atomic E-state index is -0.165. The molecule has 1 heterocycles. The highest BCUT2D eigenvalue weighted by Crippen LogP contribution is 2.32. The largest absolute Gasteiger partial charge is 0.506 e. The van der Waals surface area contributed by atoms with E-state index in [9.17, 15) is 9.90 Å². The lowest BCUT2D eigenvalue weighted by atomic mass is 9.95. The molecule has 1 amide bonds. The summed E-state index contributed by atoms with van der Waals surface area (Å²) in [4.78, 5) is 12.6. The van der Waals surface area contributed by atoms with Crippen LogP contribution in [0.4, 0.5) is 5.69 Å².